The summed E-state index contributed by atoms with van der Waals surface area (Å²) in [5, 5.41) is 4.33. The molecule has 1 heterocycles. The van der Waals surface area contributed by atoms with Gasteiger partial charge in [0.05, 0.1) is 16.1 Å². The van der Waals surface area contributed by atoms with E-state index in [1.54, 1.807) is 25.1 Å². The summed E-state index contributed by atoms with van der Waals surface area (Å²) in [6.07, 6.45) is -4.11. The van der Waals surface area contributed by atoms with Crippen molar-refractivity contribution in [2.24, 2.45) is 0 Å². The van der Waals surface area contributed by atoms with Gasteiger partial charge in [-0.05, 0) is 37.7 Å². The zero-order chi connectivity index (χ0) is 24.7. The predicted octanol–water partition coefficient (Wildman–Crippen LogP) is 4.86. The van der Waals surface area contributed by atoms with Crippen LogP contribution in [-0.4, -0.2) is 41.2 Å². The molecule has 3 aromatic carbocycles. The van der Waals surface area contributed by atoms with Crippen LogP contribution in [0.25, 0.3) is 10.8 Å². The van der Waals surface area contributed by atoms with Crippen molar-refractivity contribution < 1.29 is 26.3 Å². The number of halogens is 3. The van der Waals surface area contributed by atoms with Crippen molar-refractivity contribution in [3.8, 4) is 5.75 Å². The second-order valence-corrected chi connectivity index (χ2v) is 10.5. The number of nitrogens with one attached hydrogen (secondary N) is 2. The molecule has 1 aliphatic heterocycles. The lowest BCUT2D eigenvalue weighted by molar-refractivity contribution is -0.139. The zero-order valence-corrected chi connectivity index (χ0v) is 19.8. The third-order valence-corrected chi connectivity index (χ3v) is 7.29. The summed E-state index contributed by atoms with van der Waals surface area (Å²) in [4.78, 5) is 1.91. The number of sulfonamides is 1. The van der Waals surface area contributed by atoms with Crippen LogP contribution in [0.15, 0.2) is 59.5 Å². The molecule has 1 fully saturated rings. The Bertz CT molecular complexity index is 1320. The van der Waals surface area contributed by atoms with E-state index in [1.807, 2.05) is 31.1 Å². The highest BCUT2D eigenvalue weighted by atomic mass is 32.2. The van der Waals surface area contributed by atoms with Gasteiger partial charge < -0.3 is 15.0 Å². The molecule has 34 heavy (non-hydrogen) atoms. The summed E-state index contributed by atoms with van der Waals surface area (Å²) in [7, 11) is -0.389. The van der Waals surface area contributed by atoms with Crippen molar-refractivity contribution in [1.29, 1.82) is 0 Å². The molecule has 0 aromatic heterocycles. The van der Waals surface area contributed by atoms with Crippen LogP contribution in [-0.2, 0) is 16.2 Å². The monoisotopic (exact) mass is 493 g/mol. The Morgan fingerprint density at radius 1 is 1.06 bits per heavy atom. The molecule has 182 valence electrons. The van der Waals surface area contributed by atoms with E-state index >= 15 is 0 Å². The summed E-state index contributed by atoms with van der Waals surface area (Å²) in [5.41, 5.74) is -0.948. The molecule has 1 aliphatic rings. The van der Waals surface area contributed by atoms with Gasteiger partial charge in [-0.25, -0.2) is 8.42 Å². The van der Waals surface area contributed by atoms with Crippen LogP contribution in [0, 0.1) is 0 Å². The van der Waals surface area contributed by atoms with E-state index in [0.717, 1.165) is 29.3 Å². The fraction of sp³-hybridized carbons (Fsp3) is 0.333. The molecule has 0 amide bonds. The smallest absolute Gasteiger partial charge is 0.419 e. The van der Waals surface area contributed by atoms with E-state index < -0.39 is 33.1 Å². The Balaban J connectivity index is 1.74. The van der Waals surface area contributed by atoms with Crippen LogP contribution >= 0.6 is 0 Å². The van der Waals surface area contributed by atoms with E-state index in [9.17, 15) is 21.6 Å². The number of hydrogen-bond acceptors (Lipinski definition) is 5. The van der Waals surface area contributed by atoms with E-state index in [0.29, 0.717) is 24.9 Å². The summed E-state index contributed by atoms with van der Waals surface area (Å²) in [6, 6.07) is 13.3. The largest absolute Gasteiger partial charge is 0.485 e. The highest BCUT2D eigenvalue weighted by Crippen LogP contribution is 2.40. The van der Waals surface area contributed by atoms with Gasteiger partial charge >= 0.3 is 6.18 Å². The maximum absolute atomic E-state index is 13.6. The molecule has 0 aliphatic carbocycles. The second-order valence-electron chi connectivity index (χ2n) is 8.82. The molecule has 0 saturated carbocycles. The summed E-state index contributed by atoms with van der Waals surface area (Å²) in [5.74, 6) is -0.410. The Morgan fingerprint density at radius 3 is 2.41 bits per heavy atom. The molecule has 4 rings (SSSR count). The van der Waals surface area contributed by atoms with Gasteiger partial charge in [0.15, 0.2) is 0 Å². The van der Waals surface area contributed by atoms with Crippen molar-refractivity contribution in [1.82, 2.24) is 5.32 Å². The lowest BCUT2D eigenvalue weighted by atomic mass is 10.1. The zero-order valence-electron chi connectivity index (χ0n) is 19.0. The first-order valence-corrected chi connectivity index (χ1v) is 12.2. The first-order valence-electron chi connectivity index (χ1n) is 10.7. The van der Waals surface area contributed by atoms with Crippen molar-refractivity contribution in [2.45, 2.75) is 30.0 Å². The van der Waals surface area contributed by atoms with Gasteiger partial charge in [-0.15, -0.1) is 0 Å². The molecule has 1 atom stereocenters. The maximum atomic E-state index is 13.6. The standard InChI is InChI=1S/C24H26F3N3O3S/c1-23(12-13-28-15-23)33-21-14-16(10-11-19(21)24(25,26)27)29-34(31,32)22-9-5-6-17-18(22)7-4-8-20(17)30(2)3/h4-11,14,28-29H,12-13,15H2,1-3H3/t23-/m1/s1. The number of hydrogen-bond donors (Lipinski definition) is 2. The molecule has 0 bridgehead atoms. The van der Waals surface area contributed by atoms with E-state index in [2.05, 4.69) is 10.0 Å². The van der Waals surface area contributed by atoms with Crippen LogP contribution < -0.4 is 19.7 Å². The number of fused-ring (bicyclic) bond motifs is 1. The first-order chi connectivity index (χ1) is 15.9. The summed E-state index contributed by atoms with van der Waals surface area (Å²) in [6.45, 7) is 2.74. The normalized spacial score (nSPS) is 18.8. The minimum absolute atomic E-state index is 0.0154. The number of ether oxygens (including phenoxy) is 1. The van der Waals surface area contributed by atoms with Crippen molar-refractivity contribution >= 4 is 32.2 Å². The molecular weight excluding hydrogens is 467 g/mol. The third kappa shape index (κ3) is 4.78. The molecule has 10 heteroatoms. The Labute approximate surface area is 196 Å². The van der Waals surface area contributed by atoms with Gasteiger partial charge in [-0.3, -0.25) is 4.72 Å². The molecule has 3 aromatic rings. The average Bonchev–Trinajstić information content (AvgIpc) is 3.17. The highest BCUT2D eigenvalue weighted by Gasteiger charge is 2.38. The third-order valence-electron chi connectivity index (χ3n) is 5.86. The molecule has 0 unspecified atom stereocenters. The second kappa shape index (κ2) is 8.66. The minimum Gasteiger partial charge on any atom is -0.485 e. The Morgan fingerprint density at radius 2 is 1.76 bits per heavy atom. The number of nitrogens with zero attached hydrogens (tertiary/aromatic N) is 1. The van der Waals surface area contributed by atoms with E-state index in [1.165, 1.54) is 6.07 Å². The minimum atomic E-state index is -4.65. The summed E-state index contributed by atoms with van der Waals surface area (Å²) >= 11 is 0. The van der Waals surface area contributed by atoms with Crippen LogP contribution in [0.2, 0.25) is 0 Å². The van der Waals surface area contributed by atoms with Crippen LogP contribution in [0.1, 0.15) is 18.9 Å². The van der Waals surface area contributed by atoms with Gasteiger partial charge in [0.2, 0.25) is 0 Å². The van der Waals surface area contributed by atoms with Crippen molar-refractivity contribution in [3.63, 3.8) is 0 Å². The fourth-order valence-electron chi connectivity index (χ4n) is 4.15. The topological polar surface area (TPSA) is 70.7 Å². The molecule has 0 spiro atoms. The molecule has 0 radical (unpaired) electrons. The van der Waals surface area contributed by atoms with Crippen LogP contribution in [0.3, 0.4) is 0 Å². The number of alkyl halides is 3. The van der Waals surface area contributed by atoms with Crippen LogP contribution in [0.5, 0.6) is 5.75 Å². The van der Waals surface area contributed by atoms with Crippen molar-refractivity contribution in [3.05, 3.63) is 60.2 Å². The number of rotatable bonds is 6. The van der Waals surface area contributed by atoms with Gasteiger partial charge in [-0.1, -0.05) is 24.3 Å². The lowest BCUT2D eigenvalue weighted by Crippen LogP contribution is -2.35. The van der Waals surface area contributed by atoms with Crippen LogP contribution in [0.4, 0.5) is 24.5 Å². The van der Waals surface area contributed by atoms with E-state index in [-0.39, 0.29) is 10.6 Å². The van der Waals surface area contributed by atoms with Crippen molar-refractivity contribution in [2.75, 3.05) is 36.8 Å². The molecular formula is C24H26F3N3O3S. The molecule has 2 N–H and O–H groups in total. The van der Waals surface area contributed by atoms with Gasteiger partial charge in [-0.2, -0.15) is 13.2 Å². The average molecular weight is 494 g/mol. The highest BCUT2D eigenvalue weighted by molar-refractivity contribution is 7.93. The first kappa shape index (κ1) is 24.2. The lowest BCUT2D eigenvalue weighted by Gasteiger charge is -2.27. The SMILES string of the molecule is CN(C)c1cccc2c(S(=O)(=O)Nc3ccc(C(F)(F)F)c(O[C@]4(C)CCNC4)c3)cccc12. The van der Waals surface area contributed by atoms with Gasteiger partial charge in [0.1, 0.15) is 11.4 Å². The van der Waals surface area contributed by atoms with Gasteiger partial charge in [0, 0.05) is 49.6 Å². The van der Waals surface area contributed by atoms with E-state index in [4.69, 9.17) is 4.74 Å². The number of benzene rings is 3. The summed E-state index contributed by atoms with van der Waals surface area (Å²) < 4.78 is 75.7. The molecule has 1 saturated heterocycles. The number of anilines is 2. The molecule has 6 nitrogen and oxygen atoms in total. The Hall–Kier alpha value is -2.98. The quantitative estimate of drug-likeness (QED) is 0.514. The van der Waals surface area contributed by atoms with Gasteiger partial charge in [0.25, 0.3) is 10.0 Å². The fourth-order valence-corrected chi connectivity index (χ4v) is 5.42. The predicted molar refractivity (Wildman–Crippen MR) is 127 cm³/mol. The Kier molecular flexibility index (Phi) is 6.15. The maximum Gasteiger partial charge on any atom is 0.419 e.